The van der Waals surface area contributed by atoms with Crippen molar-refractivity contribution in [2.75, 3.05) is 6.61 Å². The molecule has 0 unspecified atom stereocenters. The van der Waals surface area contributed by atoms with Gasteiger partial charge >= 0.3 is 0 Å². The molecule has 0 spiro atoms. The molecule has 0 aromatic rings. The SMILES string of the molecule is CC(C)CCCC1=N[C@@H](C(C)C)CO1. The van der Waals surface area contributed by atoms with Crippen molar-refractivity contribution in [2.24, 2.45) is 16.8 Å². The van der Waals surface area contributed by atoms with Gasteiger partial charge in [0, 0.05) is 6.42 Å². The quantitative estimate of drug-likeness (QED) is 0.663. The summed E-state index contributed by atoms with van der Waals surface area (Å²) in [6.45, 7) is 9.72. The molecule has 0 radical (unpaired) electrons. The first-order valence-corrected chi connectivity index (χ1v) is 5.79. The van der Waals surface area contributed by atoms with Crippen molar-refractivity contribution in [3.05, 3.63) is 0 Å². The fourth-order valence-corrected chi connectivity index (χ4v) is 1.58. The van der Waals surface area contributed by atoms with Crippen LogP contribution < -0.4 is 0 Å². The number of hydrogen-bond donors (Lipinski definition) is 0. The van der Waals surface area contributed by atoms with Gasteiger partial charge in [0.1, 0.15) is 6.61 Å². The van der Waals surface area contributed by atoms with Gasteiger partial charge in [-0.1, -0.05) is 34.1 Å². The van der Waals surface area contributed by atoms with Gasteiger partial charge in [0.15, 0.2) is 5.90 Å². The third-order valence-corrected chi connectivity index (χ3v) is 2.67. The molecule has 82 valence electrons. The van der Waals surface area contributed by atoms with Crippen LogP contribution in [0.2, 0.25) is 0 Å². The van der Waals surface area contributed by atoms with E-state index in [1.165, 1.54) is 12.8 Å². The van der Waals surface area contributed by atoms with Crippen molar-refractivity contribution in [3.8, 4) is 0 Å². The standard InChI is InChI=1S/C12H23NO/c1-9(2)6-5-7-12-13-11(8-14-12)10(3)4/h9-11H,5-8H2,1-4H3/t11-/m1/s1. The number of rotatable bonds is 5. The first-order valence-electron chi connectivity index (χ1n) is 5.79. The van der Waals surface area contributed by atoms with Gasteiger partial charge in [-0.05, 0) is 18.3 Å². The summed E-state index contributed by atoms with van der Waals surface area (Å²) in [5.41, 5.74) is 0. The van der Waals surface area contributed by atoms with Crippen molar-refractivity contribution < 1.29 is 4.74 Å². The molecule has 1 heterocycles. The average Bonchev–Trinajstić information content (AvgIpc) is 2.52. The molecule has 0 bridgehead atoms. The van der Waals surface area contributed by atoms with Crippen LogP contribution in [0.5, 0.6) is 0 Å². The Morgan fingerprint density at radius 1 is 1.36 bits per heavy atom. The van der Waals surface area contributed by atoms with E-state index in [9.17, 15) is 0 Å². The smallest absolute Gasteiger partial charge is 0.183 e. The molecule has 1 atom stereocenters. The molecule has 0 N–H and O–H groups in total. The van der Waals surface area contributed by atoms with Gasteiger partial charge in [0.25, 0.3) is 0 Å². The molecule has 1 rings (SSSR count). The van der Waals surface area contributed by atoms with E-state index in [2.05, 4.69) is 32.7 Å². The second kappa shape index (κ2) is 5.38. The average molecular weight is 197 g/mol. The topological polar surface area (TPSA) is 21.6 Å². The van der Waals surface area contributed by atoms with E-state index in [-0.39, 0.29) is 0 Å². The minimum absolute atomic E-state index is 0.407. The van der Waals surface area contributed by atoms with Crippen LogP contribution in [-0.2, 0) is 4.74 Å². The highest BCUT2D eigenvalue weighted by Gasteiger charge is 2.20. The maximum atomic E-state index is 5.56. The minimum Gasteiger partial charge on any atom is -0.479 e. The second-order valence-electron chi connectivity index (χ2n) is 4.93. The van der Waals surface area contributed by atoms with Crippen LogP contribution in [0.25, 0.3) is 0 Å². The van der Waals surface area contributed by atoms with Gasteiger partial charge in [-0.2, -0.15) is 0 Å². The van der Waals surface area contributed by atoms with Crippen molar-refractivity contribution in [1.29, 1.82) is 0 Å². The van der Waals surface area contributed by atoms with Crippen LogP contribution in [-0.4, -0.2) is 18.5 Å². The van der Waals surface area contributed by atoms with E-state index in [4.69, 9.17) is 4.74 Å². The van der Waals surface area contributed by atoms with Gasteiger partial charge < -0.3 is 4.74 Å². The molecule has 0 amide bonds. The summed E-state index contributed by atoms with van der Waals surface area (Å²) in [7, 11) is 0. The molecule has 2 nitrogen and oxygen atoms in total. The van der Waals surface area contributed by atoms with Gasteiger partial charge in [-0.25, -0.2) is 4.99 Å². The zero-order valence-electron chi connectivity index (χ0n) is 9.92. The Labute approximate surface area is 87.8 Å². The summed E-state index contributed by atoms with van der Waals surface area (Å²) in [6, 6.07) is 0.407. The zero-order chi connectivity index (χ0) is 10.6. The van der Waals surface area contributed by atoms with Crippen LogP contribution in [0.1, 0.15) is 47.0 Å². The first-order chi connectivity index (χ1) is 6.59. The number of ether oxygens (including phenoxy) is 1. The van der Waals surface area contributed by atoms with Gasteiger partial charge in [-0.3, -0.25) is 0 Å². The molecule has 0 saturated heterocycles. The molecule has 0 saturated carbocycles. The zero-order valence-corrected chi connectivity index (χ0v) is 9.92. The van der Waals surface area contributed by atoms with Crippen molar-refractivity contribution >= 4 is 5.90 Å². The Bertz CT molecular complexity index is 196. The number of nitrogens with zero attached hydrogens (tertiary/aromatic N) is 1. The van der Waals surface area contributed by atoms with Crippen LogP contribution >= 0.6 is 0 Å². The Morgan fingerprint density at radius 2 is 2.07 bits per heavy atom. The molecular formula is C12H23NO. The van der Waals surface area contributed by atoms with Crippen molar-refractivity contribution in [1.82, 2.24) is 0 Å². The summed E-state index contributed by atoms with van der Waals surface area (Å²) in [6.07, 6.45) is 3.51. The summed E-state index contributed by atoms with van der Waals surface area (Å²) >= 11 is 0. The van der Waals surface area contributed by atoms with E-state index in [1.54, 1.807) is 0 Å². The molecule has 0 aliphatic carbocycles. The summed E-state index contributed by atoms with van der Waals surface area (Å²) in [5.74, 6) is 2.39. The van der Waals surface area contributed by atoms with Crippen LogP contribution in [0.4, 0.5) is 0 Å². The highest BCUT2D eigenvalue weighted by Crippen LogP contribution is 2.17. The van der Waals surface area contributed by atoms with Crippen LogP contribution in [0, 0.1) is 11.8 Å². The Balaban J connectivity index is 2.23. The third-order valence-electron chi connectivity index (χ3n) is 2.67. The molecular weight excluding hydrogens is 174 g/mol. The largest absolute Gasteiger partial charge is 0.479 e. The van der Waals surface area contributed by atoms with Gasteiger partial charge in [0.05, 0.1) is 6.04 Å². The highest BCUT2D eigenvalue weighted by atomic mass is 16.5. The monoisotopic (exact) mass is 197 g/mol. The van der Waals surface area contributed by atoms with Crippen LogP contribution in [0.3, 0.4) is 0 Å². The fourth-order valence-electron chi connectivity index (χ4n) is 1.58. The summed E-state index contributed by atoms with van der Waals surface area (Å²) in [5, 5.41) is 0. The fraction of sp³-hybridized carbons (Fsp3) is 0.917. The Morgan fingerprint density at radius 3 is 2.57 bits per heavy atom. The number of hydrogen-bond acceptors (Lipinski definition) is 2. The predicted octanol–water partition coefficient (Wildman–Crippen LogP) is 3.27. The molecule has 2 heteroatoms. The maximum Gasteiger partial charge on any atom is 0.183 e. The van der Waals surface area contributed by atoms with Crippen LogP contribution in [0.15, 0.2) is 4.99 Å². The van der Waals surface area contributed by atoms with E-state index in [0.29, 0.717) is 12.0 Å². The van der Waals surface area contributed by atoms with Crippen molar-refractivity contribution in [2.45, 2.75) is 53.0 Å². The normalized spacial score (nSPS) is 21.6. The lowest BCUT2D eigenvalue weighted by Crippen LogP contribution is -2.13. The highest BCUT2D eigenvalue weighted by molar-refractivity contribution is 5.77. The predicted molar refractivity (Wildman–Crippen MR) is 60.7 cm³/mol. The maximum absolute atomic E-state index is 5.56. The second-order valence-corrected chi connectivity index (χ2v) is 4.93. The number of aliphatic imine (C=N–C) groups is 1. The Hall–Kier alpha value is -0.530. The Kier molecular flexibility index (Phi) is 4.43. The van der Waals surface area contributed by atoms with E-state index in [1.807, 2.05) is 0 Å². The molecule has 0 fully saturated rings. The third kappa shape index (κ3) is 3.69. The molecule has 14 heavy (non-hydrogen) atoms. The summed E-state index contributed by atoms with van der Waals surface area (Å²) in [4.78, 5) is 4.58. The lowest BCUT2D eigenvalue weighted by molar-refractivity contribution is 0.284. The van der Waals surface area contributed by atoms with Crippen molar-refractivity contribution in [3.63, 3.8) is 0 Å². The van der Waals surface area contributed by atoms with Gasteiger partial charge in [0.2, 0.25) is 0 Å². The minimum atomic E-state index is 0.407. The molecule has 0 aromatic heterocycles. The van der Waals surface area contributed by atoms with E-state index < -0.39 is 0 Å². The van der Waals surface area contributed by atoms with E-state index >= 15 is 0 Å². The lowest BCUT2D eigenvalue weighted by Gasteiger charge is -2.06. The lowest BCUT2D eigenvalue weighted by atomic mass is 10.1. The van der Waals surface area contributed by atoms with Gasteiger partial charge in [-0.15, -0.1) is 0 Å². The summed E-state index contributed by atoms with van der Waals surface area (Å²) < 4.78 is 5.56. The molecule has 1 aliphatic rings. The molecule has 1 aliphatic heterocycles. The van der Waals surface area contributed by atoms with E-state index in [0.717, 1.165) is 24.8 Å². The first kappa shape index (κ1) is 11.5. The molecule has 0 aromatic carbocycles.